The van der Waals surface area contributed by atoms with E-state index in [1.54, 1.807) is 12.1 Å². The standard InChI is InChI=1S/C21H25ClN4O4S/c1-25-10-4-6-16(25)20(28)26-12-14(31(29,30)18-7-3-2-5-15(18)22)11-17(26)19(27)24-21(13-23)8-9-21/h2-3,5,7,14,16-17H,4,6,8-12H2,1H3,(H,24,27)/t14-,16+,17?/m1/s1. The molecule has 1 aromatic carbocycles. The molecule has 0 aromatic heterocycles. The highest BCUT2D eigenvalue weighted by atomic mass is 35.5. The summed E-state index contributed by atoms with van der Waals surface area (Å²) in [6, 6.07) is 6.99. The fourth-order valence-corrected chi connectivity index (χ4v) is 6.71. The van der Waals surface area contributed by atoms with Gasteiger partial charge in [-0.1, -0.05) is 23.7 Å². The number of nitrogens with zero attached hydrogens (tertiary/aromatic N) is 3. The number of halogens is 1. The van der Waals surface area contributed by atoms with Gasteiger partial charge in [-0.15, -0.1) is 0 Å². The lowest BCUT2D eigenvalue weighted by Gasteiger charge is -2.29. The van der Waals surface area contributed by atoms with Gasteiger partial charge >= 0.3 is 0 Å². The molecule has 2 saturated heterocycles. The van der Waals surface area contributed by atoms with Crippen LogP contribution in [-0.4, -0.2) is 73.0 Å². The van der Waals surface area contributed by atoms with Crippen molar-refractivity contribution in [3.8, 4) is 6.07 Å². The van der Waals surface area contributed by atoms with E-state index in [4.69, 9.17) is 11.6 Å². The molecule has 2 amide bonds. The summed E-state index contributed by atoms with van der Waals surface area (Å²) in [5, 5.41) is 11.2. The second-order valence-electron chi connectivity index (χ2n) is 8.66. The summed E-state index contributed by atoms with van der Waals surface area (Å²) in [5.74, 6) is -0.705. The molecule has 2 aliphatic heterocycles. The number of benzene rings is 1. The maximum absolute atomic E-state index is 13.3. The monoisotopic (exact) mass is 464 g/mol. The van der Waals surface area contributed by atoms with E-state index < -0.39 is 32.6 Å². The Labute approximate surface area is 187 Å². The minimum absolute atomic E-state index is 0.00352. The lowest BCUT2D eigenvalue weighted by Crippen LogP contribution is -2.53. The summed E-state index contributed by atoms with van der Waals surface area (Å²) in [5.41, 5.74) is -0.893. The first-order valence-electron chi connectivity index (χ1n) is 10.4. The Kier molecular flexibility index (Phi) is 5.75. The zero-order valence-corrected chi connectivity index (χ0v) is 18.8. The molecular formula is C21H25ClN4O4S. The third kappa shape index (κ3) is 4.04. The Morgan fingerprint density at radius 1 is 1.26 bits per heavy atom. The molecule has 3 fully saturated rings. The summed E-state index contributed by atoms with van der Waals surface area (Å²) >= 11 is 6.14. The normalized spacial score (nSPS) is 27.6. The van der Waals surface area contributed by atoms with Gasteiger partial charge in [0.1, 0.15) is 11.6 Å². The van der Waals surface area contributed by atoms with Crippen molar-refractivity contribution in [2.45, 2.75) is 59.9 Å². The second kappa shape index (κ2) is 8.08. The predicted octanol–water partition coefficient (Wildman–Crippen LogP) is 1.35. The van der Waals surface area contributed by atoms with E-state index in [1.807, 2.05) is 11.9 Å². The number of likely N-dealkylation sites (N-methyl/N-ethyl adjacent to an activating group) is 1. The number of nitriles is 1. The van der Waals surface area contributed by atoms with Crippen molar-refractivity contribution in [1.29, 1.82) is 5.26 Å². The second-order valence-corrected chi connectivity index (χ2v) is 11.3. The number of likely N-dealkylation sites (tertiary alicyclic amines) is 2. The highest BCUT2D eigenvalue weighted by molar-refractivity contribution is 7.92. The molecule has 0 spiro atoms. The number of hydrogen-bond acceptors (Lipinski definition) is 6. The number of nitrogens with one attached hydrogen (secondary N) is 1. The van der Waals surface area contributed by atoms with Gasteiger partial charge in [-0.05, 0) is 57.8 Å². The van der Waals surface area contributed by atoms with E-state index in [-0.39, 0.29) is 34.8 Å². The van der Waals surface area contributed by atoms with Crippen LogP contribution in [0.5, 0.6) is 0 Å². The Morgan fingerprint density at radius 2 is 1.97 bits per heavy atom. The molecule has 31 heavy (non-hydrogen) atoms. The fraction of sp³-hybridized carbons (Fsp3) is 0.571. The minimum Gasteiger partial charge on any atom is -0.336 e. The maximum Gasteiger partial charge on any atom is 0.244 e. The van der Waals surface area contributed by atoms with Crippen LogP contribution in [0.4, 0.5) is 0 Å². The van der Waals surface area contributed by atoms with Crippen LogP contribution in [0.15, 0.2) is 29.2 Å². The van der Waals surface area contributed by atoms with Crippen LogP contribution in [0.1, 0.15) is 32.1 Å². The summed E-state index contributed by atoms with van der Waals surface area (Å²) in [4.78, 5) is 29.7. The van der Waals surface area contributed by atoms with Gasteiger partial charge < -0.3 is 10.2 Å². The number of carbonyl (C=O) groups excluding carboxylic acids is 2. The number of amides is 2. The zero-order chi connectivity index (χ0) is 22.4. The van der Waals surface area contributed by atoms with E-state index in [0.29, 0.717) is 19.3 Å². The van der Waals surface area contributed by atoms with E-state index in [0.717, 1.165) is 13.0 Å². The molecule has 1 unspecified atom stereocenters. The third-order valence-corrected chi connectivity index (χ3v) is 9.19. The van der Waals surface area contributed by atoms with Crippen molar-refractivity contribution < 1.29 is 18.0 Å². The van der Waals surface area contributed by atoms with E-state index in [2.05, 4.69) is 11.4 Å². The summed E-state index contributed by atoms with van der Waals surface area (Å²) < 4.78 is 26.6. The largest absolute Gasteiger partial charge is 0.336 e. The molecule has 4 rings (SSSR count). The van der Waals surface area contributed by atoms with Crippen LogP contribution in [0, 0.1) is 11.3 Å². The quantitative estimate of drug-likeness (QED) is 0.704. The molecule has 8 nitrogen and oxygen atoms in total. The molecule has 1 saturated carbocycles. The van der Waals surface area contributed by atoms with Crippen LogP contribution in [0.25, 0.3) is 0 Å². The molecule has 2 heterocycles. The van der Waals surface area contributed by atoms with Crippen molar-refractivity contribution in [2.24, 2.45) is 0 Å². The summed E-state index contributed by atoms with van der Waals surface area (Å²) in [6.07, 6.45) is 2.63. The predicted molar refractivity (Wildman–Crippen MR) is 114 cm³/mol. The molecule has 1 N–H and O–H groups in total. The molecular weight excluding hydrogens is 440 g/mol. The molecule has 0 bridgehead atoms. The minimum atomic E-state index is -3.86. The van der Waals surface area contributed by atoms with E-state index in [9.17, 15) is 23.3 Å². The Bertz CT molecular complexity index is 1050. The first kappa shape index (κ1) is 22.1. The van der Waals surface area contributed by atoms with Crippen LogP contribution in [0.2, 0.25) is 5.02 Å². The van der Waals surface area contributed by atoms with Gasteiger partial charge in [-0.3, -0.25) is 14.5 Å². The topological polar surface area (TPSA) is 111 Å². The highest BCUT2D eigenvalue weighted by Crippen LogP contribution is 2.37. The van der Waals surface area contributed by atoms with Crippen molar-refractivity contribution in [3.05, 3.63) is 29.3 Å². The van der Waals surface area contributed by atoms with Crippen molar-refractivity contribution in [1.82, 2.24) is 15.1 Å². The SMILES string of the molecule is CN1CCC[C@H]1C(=O)N1C[C@H](S(=O)(=O)c2ccccc2Cl)CC1C(=O)NC1(C#N)CC1. The zero-order valence-electron chi connectivity index (χ0n) is 17.3. The molecule has 166 valence electrons. The van der Waals surface area contributed by atoms with Gasteiger partial charge in [0.25, 0.3) is 0 Å². The fourth-order valence-electron chi connectivity index (χ4n) is 4.49. The van der Waals surface area contributed by atoms with Gasteiger partial charge in [0.05, 0.1) is 27.3 Å². The van der Waals surface area contributed by atoms with Gasteiger partial charge in [0, 0.05) is 6.54 Å². The molecule has 1 aliphatic carbocycles. The number of sulfone groups is 1. The van der Waals surface area contributed by atoms with Crippen LogP contribution < -0.4 is 5.32 Å². The van der Waals surface area contributed by atoms with Gasteiger partial charge in [-0.25, -0.2) is 8.42 Å². The summed E-state index contributed by atoms with van der Waals surface area (Å²) in [6.45, 7) is 0.703. The Hall–Kier alpha value is -2.15. The van der Waals surface area contributed by atoms with Gasteiger partial charge in [0.2, 0.25) is 11.8 Å². The lowest BCUT2D eigenvalue weighted by molar-refractivity contribution is -0.141. The van der Waals surface area contributed by atoms with Gasteiger partial charge in [0.15, 0.2) is 9.84 Å². The van der Waals surface area contributed by atoms with Crippen LogP contribution in [0.3, 0.4) is 0 Å². The Morgan fingerprint density at radius 3 is 2.55 bits per heavy atom. The van der Waals surface area contributed by atoms with Crippen LogP contribution >= 0.6 is 11.6 Å². The molecule has 3 atom stereocenters. The Balaban J connectivity index is 1.63. The number of hydrogen-bond donors (Lipinski definition) is 1. The van der Waals surface area contributed by atoms with Crippen molar-refractivity contribution in [3.63, 3.8) is 0 Å². The smallest absolute Gasteiger partial charge is 0.244 e. The van der Waals surface area contributed by atoms with E-state index >= 15 is 0 Å². The first-order chi connectivity index (χ1) is 14.7. The average Bonchev–Trinajstić information content (AvgIpc) is 3.15. The third-order valence-electron chi connectivity index (χ3n) is 6.56. The summed E-state index contributed by atoms with van der Waals surface area (Å²) in [7, 11) is -2.00. The molecule has 0 radical (unpaired) electrons. The van der Waals surface area contributed by atoms with Gasteiger partial charge in [-0.2, -0.15) is 5.26 Å². The van der Waals surface area contributed by atoms with E-state index in [1.165, 1.54) is 17.0 Å². The molecule has 10 heteroatoms. The molecule has 1 aromatic rings. The maximum atomic E-state index is 13.3. The van der Waals surface area contributed by atoms with Crippen LogP contribution in [-0.2, 0) is 19.4 Å². The average molecular weight is 465 g/mol. The number of rotatable bonds is 5. The number of carbonyl (C=O) groups is 2. The molecule has 3 aliphatic rings. The van der Waals surface area contributed by atoms with Crippen molar-refractivity contribution >= 4 is 33.3 Å². The lowest BCUT2D eigenvalue weighted by atomic mass is 10.1. The van der Waals surface area contributed by atoms with Crippen molar-refractivity contribution in [2.75, 3.05) is 20.1 Å². The first-order valence-corrected chi connectivity index (χ1v) is 12.3. The highest BCUT2D eigenvalue weighted by Gasteiger charge is 2.51.